The molecule has 62 heavy (non-hydrogen) atoms. The van der Waals surface area contributed by atoms with Gasteiger partial charge in [0.25, 0.3) is 0 Å². The summed E-state index contributed by atoms with van der Waals surface area (Å²) in [6, 6.07) is 0. The fourth-order valence-corrected chi connectivity index (χ4v) is 7.02. The van der Waals surface area contributed by atoms with E-state index in [0.717, 1.165) is 44.9 Å². The molecule has 4 N–H and O–H groups in total. The van der Waals surface area contributed by atoms with Gasteiger partial charge >= 0.3 is 19.8 Å². The summed E-state index contributed by atoms with van der Waals surface area (Å²) >= 11 is 0. The number of esters is 2. The molecule has 1 aliphatic rings. The van der Waals surface area contributed by atoms with Crippen molar-refractivity contribution >= 4 is 19.8 Å². The number of carbonyl (C=O) groups is 2. The molecule has 1 fully saturated rings. The summed E-state index contributed by atoms with van der Waals surface area (Å²) in [5, 5.41) is 31.0. The molecule has 0 aliphatic carbocycles. The number of aliphatic hydroxyl groups excluding tert-OH is 3. The zero-order chi connectivity index (χ0) is 45.9. The van der Waals surface area contributed by atoms with Crippen LogP contribution in [0.4, 0.5) is 0 Å². The fraction of sp³-hybridized carbons (Fsp3) is 0.708. The van der Waals surface area contributed by atoms with E-state index in [2.05, 4.69) is 56.4 Å². The molecule has 0 amide bonds. The first kappa shape index (κ1) is 57.3. The largest absolute Gasteiger partial charge is 0.472 e. The number of quaternary nitrogens is 1. The lowest BCUT2D eigenvalue weighted by Gasteiger charge is -2.36. The molecule has 1 heterocycles. The first-order chi connectivity index (χ1) is 29.7. The number of aliphatic hydroxyl groups is 3. The molecule has 356 valence electrons. The monoisotopic (exact) mass is 897 g/mol. The highest BCUT2D eigenvalue weighted by molar-refractivity contribution is 7.47. The normalized spacial score (nSPS) is 20.9. The molecule has 0 saturated carbocycles. The van der Waals surface area contributed by atoms with Crippen molar-refractivity contribution in [2.75, 3.05) is 47.5 Å². The number of hydrogen-bond donors (Lipinski definition) is 4. The summed E-state index contributed by atoms with van der Waals surface area (Å²) < 4.78 is 39.9. The lowest BCUT2D eigenvalue weighted by Crippen LogP contribution is -2.43. The minimum Gasteiger partial charge on any atom is -0.462 e. The van der Waals surface area contributed by atoms with Crippen LogP contribution in [0.1, 0.15) is 136 Å². The topological polar surface area (TPSA) is 178 Å². The Hall–Kier alpha value is -2.71. The average Bonchev–Trinajstić information content (AvgIpc) is 3.20. The van der Waals surface area contributed by atoms with E-state index in [1.54, 1.807) is 12.2 Å². The Labute approximate surface area is 373 Å². The Kier molecular flexibility index (Phi) is 32.9. The predicted molar refractivity (Wildman–Crippen MR) is 246 cm³/mol. The Balaban J connectivity index is 2.57. The highest BCUT2D eigenvalue weighted by Gasteiger charge is 2.35. The minimum absolute atomic E-state index is 0.0298. The van der Waals surface area contributed by atoms with Crippen LogP contribution in [-0.4, -0.2) is 115 Å². The van der Waals surface area contributed by atoms with E-state index in [-0.39, 0.29) is 38.4 Å². The van der Waals surface area contributed by atoms with Crippen LogP contribution in [0.15, 0.2) is 72.9 Å². The van der Waals surface area contributed by atoms with Gasteiger partial charge < -0.3 is 38.9 Å². The molecule has 1 rings (SSSR count). The first-order valence-corrected chi connectivity index (χ1v) is 24.6. The van der Waals surface area contributed by atoms with Crippen LogP contribution in [0.5, 0.6) is 0 Å². The summed E-state index contributed by atoms with van der Waals surface area (Å²) in [4.78, 5) is 35.6. The van der Waals surface area contributed by atoms with Gasteiger partial charge in [-0.1, -0.05) is 119 Å². The predicted octanol–water partition coefficient (Wildman–Crippen LogP) is 9.13. The number of unbranched alkanes of at least 4 members (excludes halogenated alkanes) is 7. The summed E-state index contributed by atoms with van der Waals surface area (Å²) in [6.07, 6.45) is 34.3. The molecular formula is C48H83NO12P+. The number of ether oxygens (including phenoxy) is 3. The number of phosphoric ester groups is 1. The third-order valence-corrected chi connectivity index (χ3v) is 11.0. The molecule has 0 aromatic carbocycles. The van der Waals surface area contributed by atoms with Crippen LogP contribution in [-0.2, 0) is 37.4 Å². The van der Waals surface area contributed by atoms with Crippen LogP contribution < -0.4 is 0 Å². The van der Waals surface area contributed by atoms with Gasteiger partial charge in [-0.2, -0.15) is 0 Å². The van der Waals surface area contributed by atoms with Gasteiger partial charge in [-0.05, 0) is 70.6 Å². The second-order valence-corrected chi connectivity index (χ2v) is 18.4. The third kappa shape index (κ3) is 32.9. The van der Waals surface area contributed by atoms with E-state index in [9.17, 15) is 34.4 Å². The standard InChI is InChI=1S/C48H82NO12P/c1-6-8-10-11-12-13-14-15-16-17-18-19-20-21-22-23-28-32-46(52)57-39-42(40-59-62(55,56)58-37-36-49(3,4)5)60-47(53)33-29-25-24-27-31-43-44(51)38-48(54)61-45(43)35-34-41(50)30-26-9-7-2/h12-13,15-16,18-19,21-22,24,27,34-35,41-45,48,50-51,54H,6-11,14,17,20,23,25-26,28-33,36-40H2,1-5H3/p+1/b13-12-,16-15-,19-18-,22-21-,27-24-,35-34+/t41-,42+,43-,44-,45+,48?/m0/s1. The second kappa shape index (κ2) is 35.6. The molecule has 7 atom stereocenters. The Morgan fingerprint density at radius 3 is 1.94 bits per heavy atom. The van der Waals surface area contributed by atoms with Crippen LogP contribution in [0, 0.1) is 5.92 Å². The first-order valence-electron chi connectivity index (χ1n) is 23.1. The highest BCUT2D eigenvalue weighted by Crippen LogP contribution is 2.43. The minimum atomic E-state index is -4.47. The second-order valence-electron chi connectivity index (χ2n) is 17.0. The average molecular weight is 897 g/mol. The summed E-state index contributed by atoms with van der Waals surface area (Å²) in [5.41, 5.74) is 0. The van der Waals surface area contributed by atoms with E-state index < -0.39 is 57.1 Å². The maximum absolute atomic E-state index is 12.8. The van der Waals surface area contributed by atoms with Crippen molar-refractivity contribution in [1.82, 2.24) is 0 Å². The lowest BCUT2D eigenvalue weighted by atomic mass is 9.87. The summed E-state index contributed by atoms with van der Waals surface area (Å²) in [6.45, 7) is 3.88. The smallest absolute Gasteiger partial charge is 0.462 e. The number of likely N-dealkylation sites (N-methyl/N-ethyl adjacent to an activating group) is 1. The van der Waals surface area contributed by atoms with Crippen LogP contribution >= 0.6 is 7.82 Å². The van der Waals surface area contributed by atoms with Gasteiger partial charge in [0.2, 0.25) is 0 Å². The van der Waals surface area contributed by atoms with Crippen molar-refractivity contribution < 1.29 is 62.1 Å². The van der Waals surface area contributed by atoms with E-state index in [4.69, 9.17) is 23.3 Å². The highest BCUT2D eigenvalue weighted by atomic mass is 31.2. The zero-order valence-electron chi connectivity index (χ0n) is 38.6. The molecule has 0 radical (unpaired) electrons. The summed E-state index contributed by atoms with van der Waals surface area (Å²) in [7, 11) is 1.27. The summed E-state index contributed by atoms with van der Waals surface area (Å²) in [5.74, 6) is -1.39. The van der Waals surface area contributed by atoms with E-state index in [1.165, 1.54) is 19.3 Å². The fourth-order valence-electron chi connectivity index (χ4n) is 6.28. The molecular weight excluding hydrogens is 813 g/mol. The molecule has 0 spiro atoms. The van der Waals surface area contributed by atoms with E-state index in [1.807, 2.05) is 39.4 Å². The Bertz CT molecular complexity index is 1400. The number of nitrogens with zero attached hydrogens (tertiary/aromatic N) is 1. The molecule has 14 heteroatoms. The molecule has 2 unspecified atom stereocenters. The van der Waals surface area contributed by atoms with Crippen molar-refractivity contribution in [3.63, 3.8) is 0 Å². The van der Waals surface area contributed by atoms with Crippen LogP contribution in [0.25, 0.3) is 0 Å². The van der Waals surface area contributed by atoms with Gasteiger partial charge in [-0.25, -0.2) is 4.57 Å². The molecule has 0 aromatic rings. The Morgan fingerprint density at radius 2 is 1.32 bits per heavy atom. The number of allylic oxidation sites excluding steroid dienone is 10. The van der Waals surface area contributed by atoms with E-state index >= 15 is 0 Å². The molecule has 1 aliphatic heterocycles. The maximum atomic E-state index is 12.8. The van der Waals surface area contributed by atoms with Gasteiger partial charge in [0, 0.05) is 25.2 Å². The molecule has 1 saturated heterocycles. The molecule has 13 nitrogen and oxygen atoms in total. The number of hydrogen-bond acceptors (Lipinski definition) is 11. The van der Waals surface area contributed by atoms with Crippen molar-refractivity contribution in [1.29, 1.82) is 0 Å². The van der Waals surface area contributed by atoms with Crippen molar-refractivity contribution in [3.05, 3.63) is 72.9 Å². The molecule has 0 bridgehead atoms. The van der Waals surface area contributed by atoms with Crippen molar-refractivity contribution in [2.24, 2.45) is 5.92 Å². The Morgan fingerprint density at radius 1 is 0.758 bits per heavy atom. The third-order valence-electron chi connectivity index (χ3n) is 10.0. The van der Waals surface area contributed by atoms with Crippen LogP contribution in [0.3, 0.4) is 0 Å². The number of rotatable bonds is 36. The SMILES string of the molecule is CCCCC/C=C\C/C=C\C/C=C\C/C=C\CCCC(=O)OC[C@H](COP(=O)(O)OCC[N+](C)(C)C)OC(=O)CCC/C=C\C[C@H]1[C@@H](O)CC(O)O[C@@H]1/C=C/[C@@H](O)CCCCC. The van der Waals surface area contributed by atoms with Crippen LogP contribution in [0.2, 0.25) is 0 Å². The van der Waals surface area contributed by atoms with E-state index in [0.29, 0.717) is 49.6 Å². The maximum Gasteiger partial charge on any atom is 0.472 e. The van der Waals surface area contributed by atoms with Crippen molar-refractivity contribution in [3.8, 4) is 0 Å². The van der Waals surface area contributed by atoms with Gasteiger partial charge in [0.1, 0.15) is 19.8 Å². The number of phosphoric acid groups is 1. The van der Waals surface area contributed by atoms with Gasteiger partial charge in [0.15, 0.2) is 12.4 Å². The quantitative estimate of drug-likeness (QED) is 0.0154. The van der Waals surface area contributed by atoms with Crippen molar-refractivity contribution in [2.45, 2.75) is 167 Å². The van der Waals surface area contributed by atoms with Gasteiger partial charge in [0.05, 0.1) is 46.1 Å². The lowest BCUT2D eigenvalue weighted by molar-refractivity contribution is -0.870. The zero-order valence-corrected chi connectivity index (χ0v) is 39.5. The van der Waals surface area contributed by atoms with Gasteiger partial charge in [-0.15, -0.1) is 0 Å². The van der Waals surface area contributed by atoms with Gasteiger partial charge in [-0.3, -0.25) is 18.6 Å². The molecule has 0 aromatic heterocycles. The number of carbonyl (C=O) groups excluding carboxylic acids is 2.